The van der Waals surface area contributed by atoms with Crippen LogP contribution in [0.15, 0.2) is 59.7 Å². The number of amides is 2. The molecule has 0 aliphatic rings. The standard InChI is InChI=1S/C19H21N3O4/c1-2-26-19(25)21-17(12-14-7-4-3-5-8-14)18(24)22-20-13-15-9-6-10-16(23)11-15/h3-11,13,17,23H,2,12H2,1H3,(H,21,25)(H,22,24)/b20-13-/t17-/m0/s1. The molecule has 0 aromatic heterocycles. The van der Waals surface area contributed by atoms with Crippen LogP contribution in [0.5, 0.6) is 5.75 Å². The number of carbonyl (C=O) groups excluding carboxylic acids is 2. The molecule has 0 aliphatic carbocycles. The Balaban J connectivity index is 2.02. The molecule has 7 heteroatoms. The Kier molecular flexibility index (Phi) is 7.17. The zero-order valence-corrected chi connectivity index (χ0v) is 14.4. The molecule has 1 atom stereocenters. The number of phenols is 1. The average molecular weight is 355 g/mol. The van der Waals surface area contributed by atoms with Crippen LogP contribution in [0, 0.1) is 0 Å². The van der Waals surface area contributed by atoms with Gasteiger partial charge in [-0.25, -0.2) is 10.2 Å². The fourth-order valence-electron chi connectivity index (χ4n) is 2.23. The number of aromatic hydroxyl groups is 1. The molecule has 136 valence electrons. The maximum Gasteiger partial charge on any atom is 0.407 e. The van der Waals surface area contributed by atoms with E-state index in [2.05, 4.69) is 15.8 Å². The Morgan fingerprint density at radius 2 is 1.96 bits per heavy atom. The highest BCUT2D eigenvalue weighted by molar-refractivity contribution is 5.87. The van der Waals surface area contributed by atoms with Crippen molar-refractivity contribution in [3.63, 3.8) is 0 Å². The summed E-state index contributed by atoms with van der Waals surface area (Å²) < 4.78 is 4.85. The first kappa shape index (κ1) is 19.0. The second kappa shape index (κ2) is 9.83. The van der Waals surface area contributed by atoms with E-state index in [1.54, 1.807) is 19.1 Å². The van der Waals surface area contributed by atoms with E-state index >= 15 is 0 Å². The molecule has 0 saturated carbocycles. The molecule has 7 nitrogen and oxygen atoms in total. The van der Waals surface area contributed by atoms with Gasteiger partial charge in [-0.2, -0.15) is 5.10 Å². The first-order chi connectivity index (χ1) is 12.6. The lowest BCUT2D eigenvalue weighted by atomic mass is 10.1. The molecule has 0 spiro atoms. The summed E-state index contributed by atoms with van der Waals surface area (Å²) in [5.74, 6) is -0.371. The third kappa shape index (κ3) is 6.27. The number of hydrogen-bond acceptors (Lipinski definition) is 5. The van der Waals surface area contributed by atoms with Crippen molar-refractivity contribution >= 4 is 18.2 Å². The maximum absolute atomic E-state index is 12.4. The minimum absolute atomic E-state index is 0.103. The van der Waals surface area contributed by atoms with Crippen LogP contribution in [0.2, 0.25) is 0 Å². The number of benzene rings is 2. The quantitative estimate of drug-likeness (QED) is 0.524. The molecule has 0 unspecified atom stereocenters. The lowest BCUT2D eigenvalue weighted by molar-refractivity contribution is -0.123. The molecule has 2 aromatic rings. The van der Waals surface area contributed by atoms with Crippen LogP contribution < -0.4 is 10.7 Å². The number of hydrazone groups is 1. The van der Waals surface area contributed by atoms with Crippen molar-refractivity contribution in [3.8, 4) is 5.75 Å². The fourth-order valence-corrected chi connectivity index (χ4v) is 2.23. The number of alkyl carbamates (subject to hydrolysis) is 1. The van der Waals surface area contributed by atoms with Crippen molar-refractivity contribution < 1.29 is 19.4 Å². The first-order valence-electron chi connectivity index (χ1n) is 8.17. The van der Waals surface area contributed by atoms with Crippen LogP contribution >= 0.6 is 0 Å². The van der Waals surface area contributed by atoms with E-state index < -0.39 is 18.0 Å². The van der Waals surface area contributed by atoms with Gasteiger partial charge < -0.3 is 15.2 Å². The van der Waals surface area contributed by atoms with Crippen LogP contribution in [0.1, 0.15) is 18.1 Å². The Hall–Kier alpha value is -3.35. The van der Waals surface area contributed by atoms with Gasteiger partial charge in [-0.15, -0.1) is 0 Å². The van der Waals surface area contributed by atoms with Gasteiger partial charge in [0.15, 0.2) is 0 Å². The van der Waals surface area contributed by atoms with Gasteiger partial charge in [0, 0.05) is 6.42 Å². The minimum atomic E-state index is -0.835. The lowest BCUT2D eigenvalue weighted by Crippen LogP contribution is -2.47. The topological polar surface area (TPSA) is 100 Å². The molecular formula is C19H21N3O4. The number of nitrogens with one attached hydrogen (secondary N) is 2. The highest BCUT2D eigenvalue weighted by Gasteiger charge is 2.21. The van der Waals surface area contributed by atoms with E-state index in [-0.39, 0.29) is 12.4 Å². The molecule has 0 fully saturated rings. The predicted molar refractivity (Wildman–Crippen MR) is 97.9 cm³/mol. The van der Waals surface area contributed by atoms with Crippen LogP contribution in [0.25, 0.3) is 0 Å². The summed E-state index contributed by atoms with van der Waals surface area (Å²) in [6, 6.07) is 14.9. The second-order valence-electron chi connectivity index (χ2n) is 5.44. The monoisotopic (exact) mass is 355 g/mol. The SMILES string of the molecule is CCOC(=O)N[C@@H](Cc1ccccc1)C(=O)N/N=C\c1cccc(O)c1. The van der Waals surface area contributed by atoms with E-state index in [9.17, 15) is 14.7 Å². The van der Waals surface area contributed by atoms with Gasteiger partial charge in [0.25, 0.3) is 5.91 Å². The molecule has 0 heterocycles. The van der Waals surface area contributed by atoms with Gasteiger partial charge in [-0.1, -0.05) is 42.5 Å². The van der Waals surface area contributed by atoms with Crippen molar-refractivity contribution in [3.05, 3.63) is 65.7 Å². The summed E-state index contributed by atoms with van der Waals surface area (Å²) >= 11 is 0. The van der Waals surface area contributed by atoms with Crippen molar-refractivity contribution in [1.82, 2.24) is 10.7 Å². The van der Waals surface area contributed by atoms with Crippen LogP contribution in [0.3, 0.4) is 0 Å². The number of phenolic OH excluding ortho intramolecular Hbond substituents is 1. The van der Waals surface area contributed by atoms with E-state index in [1.165, 1.54) is 18.3 Å². The fraction of sp³-hybridized carbons (Fsp3) is 0.211. The van der Waals surface area contributed by atoms with Gasteiger partial charge in [-0.3, -0.25) is 4.79 Å². The van der Waals surface area contributed by atoms with Crippen molar-refractivity contribution in [2.75, 3.05) is 6.61 Å². The molecule has 0 aliphatic heterocycles. The van der Waals surface area contributed by atoms with Crippen LogP contribution in [0.4, 0.5) is 4.79 Å². The normalized spacial score (nSPS) is 11.7. The Morgan fingerprint density at radius 3 is 2.65 bits per heavy atom. The molecule has 3 N–H and O–H groups in total. The smallest absolute Gasteiger partial charge is 0.407 e. The summed E-state index contributed by atoms with van der Waals surface area (Å²) in [5, 5.41) is 15.8. The highest BCUT2D eigenvalue weighted by atomic mass is 16.5. The molecule has 0 bridgehead atoms. The van der Waals surface area contributed by atoms with E-state index in [1.807, 2.05) is 30.3 Å². The number of carbonyl (C=O) groups is 2. The third-order valence-corrected chi connectivity index (χ3v) is 3.43. The largest absolute Gasteiger partial charge is 0.508 e. The van der Waals surface area contributed by atoms with Gasteiger partial charge in [0.05, 0.1) is 12.8 Å². The Bertz CT molecular complexity index is 762. The van der Waals surface area contributed by atoms with Crippen LogP contribution in [-0.4, -0.2) is 36.0 Å². The van der Waals surface area contributed by atoms with Crippen molar-refractivity contribution in [2.24, 2.45) is 5.10 Å². The minimum Gasteiger partial charge on any atom is -0.508 e. The summed E-state index contributed by atoms with van der Waals surface area (Å²) in [6.07, 6.45) is 1.04. The zero-order chi connectivity index (χ0) is 18.8. The summed E-state index contributed by atoms with van der Waals surface area (Å²) in [4.78, 5) is 24.1. The Morgan fingerprint density at radius 1 is 1.19 bits per heavy atom. The van der Waals surface area contributed by atoms with Gasteiger partial charge in [0.2, 0.25) is 0 Å². The Labute approximate surface area is 151 Å². The number of nitrogens with zero attached hydrogens (tertiary/aromatic N) is 1. The number of hydrogen-bond donors (Lipinski definition) is 3. The molecule has 2 aromatic carbocycles. The van der Waals surface area contributed by atoms with Gasteiger partial charge >= 0.3 is 6.09 Å². The molecular weight excluding hydrogens is 334 g/mol. The van der Waals surface area contributed by atoms with E-state index in [0.717, 1.165) is 5.56 Å². The van der Waals surface area contributed by atoms with E-state index in [4.69, 9.17) is 4.74 Å². The summed E-state index contributed by atoms with van der Waals surface area (Å²) in [7, 11) is 0. The van der Waals surface area contributed by atoms with Gasteiger partial charge in [0.1, 0.15) is 11.8 Å². The number of rotatable bonds is 7. The van der Waals surface area contributed by atoms with E-state index in [0.29, 0.717) is 12.0 Å². The molecule has 2 rings (SSSR count). The maximum atomic E-state index is 12.4. The van der Waals surface area contributed by atoms with Crippen molar-refractivity contribution in [1.29, 1.82) is 0 Å². The molecule has 0 saturated heterocycles. The summed E-state index contributed by atoms with van der Waals surface area (Å²) in [6.45, 7) is 1.90. The molecule has 26 heavy (non-hydrogen) atoms. The van der Waals surface area contributed by atoms with Gasteiger partial charge in [-0.05, 0) is 30.2 Å². The number of ether oxygens (including phenoxy) is 1. The lowest BCUT2D eigenvalue weighted by Gasteiger charge is -2.16. The molecule has 2 amide bonds. The average Bonchev–Trinajstić information content (AvgIpc) is 2.62. The third-order valence-electron chi connectivity index (χ3n) is 3.43. The predicted octanol–water partition coefficient (Wildman–Crippen LogP) is 2.20. The summed E-state index contributed by atoms with van der Waals surface area (Å²) in [5.41, 5.74) is 3.92. The first-order valence-corrected chi connectivity index (χ1v) is 8.17. The highest BCUT2D eigenvalue weighted by Crippen LogP contribution is 2.08. The second-order valence-corrected chi connectivity index (χ2v) is 5.44. The molecule has 0 radical (unpaired) electrons. The zero-order valence-electron chi connectivity index (χ0n) is 14.4. The van der Waals surface area contributed by atoms with Crippen LogP contribution in [-0.2, 0) is 16.0 Å². The van der Waals surface area contributed by atoms with Crippen molar-refractivity contribution in [2.45, 2.75) is 19.4 Å².